The number of nitrogens with zero attached hydrogens (tertiary/aromatic N) is 2. The molecule has 0 spiro atoms. The monoisotopic (exact) mass is 325 g/mol. The average Bonchev–Trinajstić information content (AvgIpc) is 3.08. The summed E-state index contributed by atoms with van der Waals surface area (Å²) in [5.41, 5.74) is 5.14. The van der Waals surface area contributed by atoms with Crippen LogP contribution in [-0.4, -0.2) is 15.1 Å². The average molecular weight is 325 g/mol. The fraction of sp³-hybridized carbons (Fsp3) is 0. The zero-order chi connectivity index (χ0) is 15.7. The van der Waals surface area contributed by atoms with Gasteiger partial charge in [0.1, 0.15) is 0 Å². The van der Waals surface area contributed by atoms with Crippen LogP contribution in [0.4, 0.5) is 4.39 Å². The highest BCUT2D eigenvalue weighted by atomic mass is 31.2. The first-order valence-corrected chi connectivity index (χ1v) is 7.55. The lowest BCUT2D eigenvalue weighted by molar-refractivity contribution is 0.371. The summed E-state index contributed by atoms with van der Waals surface area (Å²) >= 11 is 0. The van der Waals surface area contributed by atoms with Crippen LogP contribution < -0.4 is 10.0 Å². The number of hydrogen-bond donors (Lipinski definition) is 2. The Morgan fingerprint density at radius 2 is 2.05 bits per heavy atom. The van der Waals surface area contributed by atoms with Crippen LogP contribution in [0.5, 0.6) is 5.75 Å². The van der Waals surface area contributed by atoms with Crippen LogP contribution in [0.25, 0.3) is 23.1 Å². The van der Waals surface area contributed by atoms with Crippen molar-refractivity contribution in [3.63, 3.8) is 0 Å². The number of furan rings is 1. The summed E-state index contributed by atoms with van der Waals surface area (Å²) in [5.74, 6) is -0.781. The van der Waals surface area contributed by atoms with Crippen molar-refractivity contribution in [2.75, 3.05) is 0 Å². The van der Waals surface area contributed by atoms with Gasteiger partial charge in [-0.15, -0.1) is 10.2 Å². The molecule has 2 aromatic heterocycles. The standard InChI is InChI=1S/C12H9FN3O5P/c13-8-4-3-7(6-10(8)21-22(14,17)18)11-15-16-12(20-11)9-2-1-5-19-9/h1-6H,(H3,14,17,18). The molecule has 0 aliphatic rings. The van der Waals surface area contributed by atoms with E-state index < -0.39 is 19.3 Å². The summed E-state index contributed by atoms with van der Waals surface area (Å²) in [5, 5.41) is 7.58. The van der Waals surface area contributed by atoms with Gasteiger partial charge in [-0.2, -0.15) is 0 Å². The topological polar surface area (TPSA) is 125 Å². The van der Waals surface area contributed by atoms with E-state index >= 15 is 0 Å². The first kappa shape index (κ1) is 14.5. The van der Waals surface area contributed by atoms with Crippen molar-refractivity contribution in [3.05, 3.63) is 42.4 Å². The summed E-state index contributed by atoms with van der Waals surface area (Å²) in [6, 6.07) is 6.79. The van der Waals surface area contributed by atoms with E-state index in [4.69, 9.17) is 19.2 Å². The Bertz CT molecular complexity index is 842. The van der Waals surface area contributed by atoms with Crippen molar-refractivity contribution >= 4 is 7.75 Å². The maximum atomic E-state index is 13.5. The van der Waals surface area contributed by atoms with Crippen LogP contribution in [0, 0.1) is 5.82 Å². The molecule has 0 fully saturated rings. The minimum Gasteiger partial charge on any atom is -0.459 e. The molecular weight excluding hydrogens is 316 g/mol. The first-order valence-electron chi connectivity index (χ1n) is 5.91. The summed E-state index contributed by atoms with van der Waals surface area (Å²) in [6.45, 7) is 0. The van der Waals surface area contributed by atoms with Crippen molar-refractivity contribution in [1.82, 2.24) is 10.2 Å². The number of benzene rings is 1. The van der Waals surface area contributed by atoms with Gasteiger partial charge in [-0.3, -0.25) is 0 Å². The molecular formula is C12H9FN3O5P. The van der Waals surface area contributed by atoms with Crippen molar-refractivity contribution in [2.24, 2.45) is 5.50 Å². The molecule has 0 aliphatic carbocycles. The van der Waals surface area contributed by atoms with E-state index in [0.29, 0.717) is 5.76 Å². The second-order valence-corrected chi connectivity index (χ2v) is 5.50. The summed E-state index contributed by atoms with van der Waals surface area (Å²) < 4.78 is 39.5. The SMILES string of the molecule is NP(=O)(O)Oc1cc(-c2nnc(-c3ccco3)o2)ccc1F. The second-order valence-electron chi connectivity index (χ2n) is 4.19. The van der Waals surface area contributed by atoms with Crippen molar-refractivity contribution < 1.29 is 27.2 Å². The molecule has 22 heavy (non-hydrogen) atoms. The fourth-order valence-corrected chi connectivity index (χ4v) is 2.11. The molecule has 0 amide bonds. The highest BCUT2D eigenvalue weighted by Crippen LogP contribution is 2.37. The number of aromatic nitrogens is 2. The molecule has 3 N–H and O–H groups in total. The van der Waals surface area contributed by atoms with Gasteiger partial charge in [0, 0.05) is 5.56 Å². The van der Waals surface area contributed by atoms with Crippen LogP contribution in [0.15, 0.2) is 45.4 Å². The third-order valence-electron chi connectivity index (χ3n) is 2.56. The van der Waals surface area contributed by atoms with Gasteiger partial charge in [0.05, 0.1) is 6.26 Å². The first-order chi connectivity index (χ1) is 10.4. The third kappa shape index (κ3) is 3.06. The van der Waals surface area contributed by atoms with Crippen LogP contribution >= 0.6 is 7.75 Å². The maximum absolute atomic E-state index is 13.5. The van der Waals surface area contributed by atoms with Gasteiger partial charge in [0.15, 0.2) is 17.3 Å². The number of halogens is 1. The molecule has 0 bridgehead atoms. The molecule has 1 unspecified atom stereocenters. The van der Waals surface area contributed by atoms with Crippen LogP contribution in [0.2, 0.25) is 0 Å². The molecule has 0 radical (unpaired) electrons. The lowest BCUT2D eigenvalue weighted by Crippen LogP contribution is -2.02. The van der Waals surface area contributed by atoms with Gasteiger partial charge < -0.3 is 18.3 Å². The van der Waals surface area contributed by atoms with Gasteiger partial charge in [0.25, 0.3) is 5.89 Å². The van der Waals surface area contributed by atoms with E-state index in [9.17, 15) is 8.96 Å². The Labute approximate surface area is 122 Å². The molecule has 2 heterocycles. The number of nitrogens with two attached hydrogens (primary N) is 1. The van der Waals surface area contributed by atoms with E-state index in [1.54, 1.807) is 12.1 Å². The molecule has 10 heteroatoms. The Kier molecular flexibility index (Phi) is 3.53. The van der Waals surface area contributed by atoms with Gasteiger partial charge in [-0.05, 0) is 30.3 Å². The van der Waals surface area contributed by atoms with Gasteiger partial charge in [-0.25, -0.2) is 14.5 Å². The van der Waals surface area contributed by atoms with Crippen LogP contribution in [0.3, 0.4) is 0 Å². The molecule has 0 saturated heterocycles. The second kappa shape index (κ2) is 5.38. The third-order valence-corrected chi connectivity index (χ3v) is 3.02. The Morgan fingerprint density at radius 1 is 1.27 bits per heavy atom. The maximum Gasteiger partial charge on any atom is 0.453 e. The van der Waals surface area contributed by atoms with Gasteiger partial charge in [0.2, 0.25) is 5.89 Å². The molecule has 1 aromatic carbocycles. The smallest absolute Gasteiger partial charge is 0.453 e. The largest absolute Gasteiger partial charge is 0.459 e. The number of hydrogen-bond acceptors (Lipinski definition) is 6. The molecule has 3 aromatic rings. The fourth-order valence-electron chi connectivity index (χ4n) is 1.69. The zero-order valence-electron chi connectivity index (χ0n) is 10.8. The normalized spacial score (nSPS) is 13.8. The summed E-state index contributed by atoms with van der Waals surface area (Å²) in [7, 11) is -4.38. The minimum absolute atomic E-state index is 0.0565. The predicted molar refractivity (Wildman–Crippen MR) is 72.0 cm³/mol. The quantitative estimate of drug-likeness (QED) is 0.701. The molecule has 1 atom stereocenters. The lowest BCUT2D eigenvalue weighted by Gasteiger charge is -2.09. The zero-order valence-corrected chi connectivity index (χ0v) is 11.7. The van der Waals surface area contributed by atoms with Crippen LogP contribution in [0.1, 0.15) is 0 Å². The molecule has 0 aliphatic heterocycles. The van der Waals surface area contributed by atoms with E-state index in [2.05, 4.69) is 14.7 Å². The van der Waals surface area contributed by atoms with Gasteiger partial charge >= 0.3 is 7.75 Å². The molecule has 114 valence electrons. The molecule has 3 rings (SSSR count). The van der Waals surface area contributed by atoms with Gasteiger partial charge in [-0.1, -0.05) is 0 Å². The van der Waals surface area contributed by atoms with Crippen LogP contribution in [-0.2, 0) is 4.57 Å². The number of rotatable bonds is 4. The summed E-state index contributed by atoms with van der Waals surface area (Å²) in [4.78, 5) is 8.97. The molecule has 8 nitrogen and oxygen atoms in total. The highest BCUT2D eigenvalue weighted by molar-refractivity contribution is 7.50. The lowest BCUT2D eigenvalue weighted by atomic mass is 10.2. The van der Waals surface area contributed by atoms with E-state index in [-0.39, 0.29) is 17.3 Å². The Balaban J connectivity index is 1.95. The molecule has 0 saturated carbocycles. The van der Waals surface area contributed by atoms with E-state index in [0.717, 1.165) is 12.1 Å². The van der Waals surface area contributed by atoms with Crippen molar-refractivity contribution in [3.8, 4) is 28.9 Å². The Hall–Kier alpha value is -2.48. The summed E-state index contributed by atoms with van der Waals surface area (Å²) in [6.07, 6.45) is 1.45. The predicted octanol–water partition coefficient (Wildman–Crippen LogP) is 2.57. The van der Waals surface area contributed by atoms with Crippen molar-refractivity contribution in [1.29, 1.82) is 0 Å². The van der Waals surface area contributed by atoms with E-state index in [1.807, 2.05) is 0 Å². The Morgan fingerprint density at radius 3 is 2.73 bits per heavy atom. The van der Waals surface area contributed by atoms with E-state index in [1.165, 1.54) is 12.3 Å². The van der Waals surface area contributed by atoms with Crippen molar-refractivity contribution in [2.45, 2.75) is 0 Å². The minimum atomic E-state index is -4.38. The highest BCUT2D eigenvalue weighted by Gasteiger charge is 2.19.